The summed E-state index contributed by atoms with van der Waals surface area (Å²) in [7, 11) is 1.86. The van der Waals surface area contributed by atoms with Gasteiger partial charge in [-0.1, -0.05) is 54.1 Å². The Morgan fingerprint density at radius 3 is 2.30 bits per heavy atom. The molecule has 0 amide bonds. The Labute approximate surface area is 146 Å². The van der Waals surface area contributed by atoms with Crippen LogP contribution >= 0.6 is 0 Å². The number of nitrogens with two attached hydrogens (primary N) is 1. The number of hydrogen-bond acceptors (Lipinski definition) is 0. The molecule has 2 aromatic rings. The molecular weight excluding hydrogens is 321 g/mol. The fraction of sp³-hybridized carbons (Fsp3) is 0.294. The first-order valence-corrected chi connectivity index (χ1v) is 6.61. The van der Waals surface area contributed by atoms with Gasteiger partial charge < -0.3 is 11.5 Å². The standard InChI is InChI=1S/C17H18N.H2N.Y/c1-18-12-13-3-2-4-17(11-13)16-9-7-15(8-10-16)14-5-6-14;;/h2-4,7-11,14H,5-6,12H2,1H3;1H2;/q2*-1;. The summed E-state index contributed by atoms with van der Waals surface area (Å²) in [6, 6.07) is 17.7. The van der Waals surface area contributed by atoms with Gasteiger partial charge in [-0.15, -0.1) is 6.54 Å². The Hall–Kier alpha value is -0.536. The van der Waals surface area contributed by atoms with Crippen LogP contribution in [0.1, 0.15) is 29.9 Å². The zero-order valence-electron chi connectivity index (χ0n) is 11.9. The van der Waals surface area contributed by atoms with Crippen molar-refractivity contribution < 1.29 is 32.7 Å². The van der Waals surface area contributed by atoms with Gasteiger partial charge in [0.05, 0.1) is 0 Å². The summed E-state index contributed by atoms with van der Waals surface area (Å²) in [5, 5.41) is 4.19. The second-order valence-electron chi connectivity index (χ2n) is 5.07. The number of nitrogens with zero attached hydrogens (tertiary/aromatic N) is 1. The monoisotopic (exact) mass is 341 g/mol. The molecule has 20 heavy (non-hydrogen) atoms. The van der Waals surface area contributed by atoms with Gasteiger partial charge in [-0.05, 0) is 35.4 Å². The number of hydrogen-bond donors (Lipinski definition) is 0. The molecule has 0 atom stereocenters. The van der Waals surface area contributed by atoms with Crippen LogP contribution in [-0.2, 0) is 39.3 Å². The second-order valence-corrected chi connectivity index (χ2v) is 5.07. The Morgan fingerprint density at radius 1 is 1.00 bits per heavy atom. The molecule has 1 saturated carbocycles. The van der Waals surface area contributed by atoms with Crippen LogP contribution in [-0.4, -0.2) is 7.05 Å². The van der Waals surface area contributed by atoms with E-state index in [9.17, 15) is 0 Å². The minimum Gasteiger partial charge on any atom is -0.693 e. The van der Waals surface area contributed by atoms with Crippen LogP contribution in [0.25, 0.3) is 22.6 Å². The van der Waals surface area contributed by atoms with Crippen LogP contribution < -0.4 is 0 Å². The third kappa shape index (κ3) is 4.23. The zero-order valence-corrected chi connectivity index (χ0v) is 14.8. The maximum absolute atomic E-state index is 4.19. The first-order valence-electron chi connectivity index (χ1n) is 6.61. The summed E-state index contributed by atoms with van der Waals surface area (Å²) >= 11 is 0. The molecule has 0 bridgehead atoms. The molecule has 103 valence electrons. The van der Waals surface area contributed by atoms with Gasteiger partial charge in [0.1, 0.15) is 0 Å². The van der Waals surface area contributed by atoms with Crippen molar-refractivity contribution in [1.29, 1.82) is 0 Å². The number of benzene rings is 2. The van der Waals surface area contributed by atoms with Gasteiger partial charge in [-0.25, -0.2) is 0 Å². The van der Waals surface area contributed by atoms with Crippen molar-refractivity contribution in [2.75, 3.05) is 7.05 Å². The van der Waals surface area contributed by atoms with Crippen LogP contribution in [0.15, 0.2) is 48.5 Å². The van der Waals surface area contributed by atoms with Crippen molar-refractivity contribution in [3.63, 3.8) is 0 Å². The molecule has 0 aromatic heterocycles. The molecule has 3 heteroatoms. The minimum atomic E-state index is 0. The van der Waals surface area contributed by atoms with Crippen molar-refractivity contribution in [2.45, 2.75) is 25.3 Å². The summed E-state index contributed by atoms with van der Waals surface area (Å²) in [4.78, 5) is 0. The molecule has 1 fully saturated rings. The zero-order chi connectivity index (χ0) is 12.4. The van der Waals surface area contributed by atoms with Crippen molar-refractivity contribution >= 4 is 0 Å². The average Bonchev–Trinajstić information content (AvgIpc) is 3.24. The molecule has 0 spiro atoms. The summed E-state index contributed by atoms with van der Waals surface area (Å²) in [6.07, 6.45) is 2.74. The summed E-state index contributed by atoms with van der Waals surface area (Å²) in [5.41, 5.74) is 5.37. The van der Waals surface area contributed by atoms with Crippen LogP contribution in [0.3, 0.4) is 0 Å². The third-order valence-electron chi connectivity index (χ3n) is 3.56. The molecule has 0 saturated heterocycles. The normalized spacial score (nSPS) is 13.2. The van der Waals surface area contributed by atoms with Crippen LogP contribution in [0, 0.1) is 0 Å². The molecule has 0 unspecified atom stereocenters. The predicted octanol–water partition coefficient (Wildman–Crippen LogP) is 5.45. The van der Waals surface area contributed by atoms with E-state index in [1.165, 1.54) is 35.1 Å². The Balaban J connectivity index is 0.000001000. The Bertz CT molecular complexity index is 533. The summed E-state index contributed by atoms with van der Waals surface area (Å²) < 4.78 is 0. The van der Waals surface area contributed by atoms with Crippen molar-refractivity contribution in [3.05, 3.63) is 71.1 Å². The maximum atomic E-state index is 4.19. The molecule has 1 aliphatic rings. The van der Waals surface area contributed by atoms with E-state index in [1.54, 1.807) is 0 Å². The van der Waals surface area contributed by atoms with Crippen LogP contribution in [0.2, 0.25) is 0 Å². The van der Waals surface area contributed by atoms with Gasteiger partial charge in [0.25, 0.3) is 0 Å². The molecular formula is C17H20N2Y-2. The van der Waals surface area contributed by atoms with E-state index in [1.807, 2.05) is 7.05 Å². The van der Waals surface area contributed by atoms with Gasteiger partial charge in [-0.2, -0.15) is 7.05 Å². The molecule has 2 aromatic carbocycles. The fourth-order valence-electron chi connectivity index (χ4n) is 2.40. The van der Waals surface area contributed by atoms with E-state index in [0.717, 1.165) is 12.5 Å². The van der Waals surface area contributed by atoms with Gasteiger partial charge >= 0.3 is 0 Å². The van der Waals surface area contributed by atoms with E-state index in [0.29, 0.717) is 0 Å². The first-order chi connectivity index (χ1) is 8.86. The Kier molecular flexibility index (Phi) is 7.04. The number of rotatable bonds is 4. The van der Waals surface area contributed by atoms with Crippen molar-refractivity contribution in [1.82, 2.24) is 0 Å². The predicted molar refractivity (Wildman–Crippen MR) is 82.1 cm³/mol. The SMILES string of the molecule is C[N-]Cc1cccc(-c2ccc(C3CC3)cc2)c1.[NH2-].[Y]. The van der Waals surface area contributed by atoms with Gasteiger partial charge in [0.2, 0.25) is 0 Å². The Morgan fingerprint density at radius 2 is 1.70 bits per heavy atom. The molecule has 1 radical (unpaired) electrons. The van der Waals surface area contributed by atoms with Gasteiger partial charge in [0.15, 0.2) is 0 Å². The largest absolute Gasteiger partial charge is 0.693 e. The summed E-state index contributed by atoms with van der Waals surface area (Å²) in [6.45, 7) is 0.800. The average molecular weight is 341 g/mol. The fourth-order valence-corrected chi connectivity index (χ4v) is 2.40. The van der Waals surface area contributed by atoms with E-state index < -0.39 is 0 Å². The van der Waals surface area contributed by atoms with Crippen LogP contribution in [0.4, 0.5) is 0 Å². The van der Waals surface area contributed by atoms with Gasteiger partial charge in [-0.3, -0.25) is 0 Å². The molecule has 3 rings (SSSR count). The molecule has 0 aliphatic heterocycles. The van der Waals surface area contributed by atoms with Crippen molar-refractivity contribution in [2.24, 2.45) is 0 Å². The molecule has 2 nitrogen and oxygen atoms in total. The van der Waals surface area contributed by atoms with Gasteiger partial charge in [0, 0.05) is 32.7 Å². The van der Waals surface area contributed by atoms with E-state index in [4.69, 9.17) is 0 Å². The summed E-state index contributed by atoms with van der Waals surface area (Å²) in [5.74, 6) is 0.837. The third-order valence-corrected chi connectivity index (χ3v) is 3.56. The smallest absolute Gasteiger partial charge is 0 e. The molecule has 2 N–H and O–H groups in total. The van der Waals surface area contributed by atoms with Crippen LogP contribution in [0.5, 0.6) is 0 Å². The van der Waals surface area contributed by atoms with E-state index >= 15 is 0 Å². The van der Waals surface area contributed by atoms with Crippen molar-refractivity contribution in [3.8, 4) is 11.1 Å². The first kappa shape index (κ1) is 17.5. The maximum Gasteiger partial charge on any atom is 0 e. The quantitative estimate of drug-likeness (QED) is 0.710. The topological polar surface area (TPSA) is 47.6 Å². The minimum absolute atomic E-state index is 0. The second kappa shape index (κ2) is 8.04. The van der Waals surface area contributed by atoms with E-state index in [-0.39, 0.29) is 38.9 Å². The molecule has 1 aliphatic carbocycles. The molecule has 0 heterocycles. The van der Waals surface area contributed by atoms with E-state index in [2.05, 4.69) is 53.8 Å².